The minimum Gasteiger partial charge on any atom is -0.396 e. The van der Waals surface area contributed by atoms with E-state index in [0.717, 1.165) is 36.0 Å². The smallest absolute Gasteiger partial charge is 0.134 e. The molecule has 3 nitrogen and oxygen atoms in total. The molecule has 0 fully saturated rings. The molecule has 0 unspecified atom stereocenters. The van der Waals surface area contributed by atoms with Gasteiger partial charge in [-0.1, -0.05) is 29.8 Å². The molecule has 0 aliphatic heterocycles. The maximum Gasteiger partial charge on any atom is 0.134 e. The molecule has 0 amide bonds. The molecular weight excluding hydrogens is 272 g/mol. The SMILES string of the molecule is CC(C)N(CCCO)Cc1cc2ccccc2nc1Cl. The Morgan fingerprint density at radius 2 is 2.05 bits per heavy atom. The van der Waals surface area contributed by atoms with Gasteiger partial charge < -0.3 is 5.11 Å². The summed E-state index contributed by atoms with van der Waals surface area (Å²) in [5.74, 6) is 0. The highest BCUT2D eigenvalue weighted by Crippen LogP contribution is 2.22. The van der Waals surface area contributed by atoms with Crippen molar-refractivity contribution in [3.05, 3.63) is 41.0 Å². The van der Waals surface area contributed by atoms with E-state index < -0.39 is 0 Å². The van der Waals surface area contributed by atoms with Crippen LogP contribution in [0.1, 0.15) is 25.8 Å². The molecule has 0 radical (unpaired) electrons. The number of pyridine rings is 1. The first kappa shape index (κ1) is 15.2. The van der Waals surface area contributed by atoms with Crippen molar-refractivity contribution in [1.82, 2.24) is 9.88 Å². The summed E-state index contributed by atoms with van der Waals surface area (Å²) < 4.78 is 0. The highest BCUT2D eigenvalue weighted by molar-refractivity contribution is 6.30. The first-order valence-corrected chi connectivity index (χ1v) is 7.38. The number of aromatic nitrogens is 1. The molecule has 0 bridgehead atoms. The van der Waals surface area contributed by atoms with Gasteiger partial charge in [0.05, 0.1) is 5.52 Å². The number of halogens is 1. The fourth-order valence-corrected chi connectivity index (χ4v) is 2.46. The monoisotopic (exact) mass is 292 g/mol. The van der Waals surface area contributed by atoms with Crippen molar-refractivity contribution < 1.29 is 5.11 Å². The topological polar surface area (TPSA) is 36.4 Å². The number of hydrogen-bond donors (Lipinski definition) is 1. The third-order valence-corrected chi connectivity index (χ3v) is 3.78. The van der Waals surface area contributed by atoms with Gasteiger partial charge in [0.25, 0.3) is 0 Å². The Morgan fingerprint density at radius 1 is 1.30 bits per heavy atom. The van der Waals surface area contributed by atoms with Crippen molar-refractivity contribution >= 4 is 22.5 Å². The molecule has 2 aromatic rings. The van der Waals surface area contributed by atoms with Crippen molar-refractivity contribution in [2.45, 2.75) is 32.9 Å². The van der Waals surface area contributed by atoms with E-state index in [9.17, 15) is 0 Å². The Morgan fingerprint density at radius 3 is 2.75 bits per heavy atom. The Balaban J connectivity index is 2.24. The van der Waals surface area contributed by atoms with Crippen LogP contribution >= 0.6 is 11.6 Å². The van der Waals surface area contributed by atoms with Crippen molar-refractivity contribution in [2.24, 2.45) is 0 Å². The maximum atomic E-state index is 8.99. The average Bonchev–Trinajstić information content (AvgIpc) is 2.43. The van der Waals surface area contributed by atoms with E-state index in [-0.39, 0.29) is 6.61 Å². The van der Waals surface area contributed by atoms with Gasteiger partial charge in [-0.3, -0.25) is 4.90 Å². The molecule has 4 heteroatoms. The van der Waals surface area contributed by atoms with Gasteiger partial charge in [-0.25, -0.2) is 4.98 Å². The number of benzene rings is 1. The first-order chi connectivity index (χ1) is 9.61. The molecule has 20 heavy (non-hydrogen) atoms. The number of fused-ring (bicyclic) bond motifs is 1. The van der Waals surface area contributed by atoms with Crippen LogP contribution in [0.25, 0.3) is 10.9 Å². The Kier molecular flexibility index (Phi) is 5.35. The number of aliphatic hydroxyl groups is 1. The molecule has 1 N–H and O–H groups in total. The highest BCUT2D eigenvalue weighted by Gasteiger charge is 2.13. The molecule has 0 aliphatic carbocycles. The molecular formula is C16H21ClN2O. The maximum absolute atomic E-state index is 8.99. The zero-order chi connectivity index (χ0) is 14.5. The Labute approximate surface area is 125 Å². The first-order valence-electron chi connectivity index (χ1n) is 7.01. The van der Waals surface area contributed by atoms with E-state index >= 15 is 0 Å². The van der Waals surface area contributed by atoms with Crippen LogP contribution in [-0.4, -0.2) is 34.2 Å². The predicted octanol–water partition coefficient (Wildman–Crippen LogP) is 3.48. The fourth-order valence-electron chi connectivity index (χ4n) is 2.26. The van der Waals surface area contributed by atoms with Crippen LogP contribution in [0, 0.1) is 0 Å². The van der Waals surface area contributed by atoms with Crippen LogP contribution in [0.3, 0.4) is 0 Å². The van der Waals surface area contributed by atoms with Crippen molar-refractivity contribution in [1.29, 1.82) is 0 Å². The lowest BCUT2D eigenvalue weighted by Gasteiger charge is -2.26. The zero-order valence-corrected chi connectivity index (χ0v) is 12.8. The molecule has 1 aromatic carbocycles. The van der Waals surface area contributed by atoms with E-state index in [0.29, 0.717) is 11.2 Å². The summed E-state index contributed by atoms with van der Waals surface area (Å²) in [6, 6.07) is 10.5. The number of aliphatic hydroxyl groups excluding tert-OH is 1. The van der Waals surface area contributed by atoms with Crippen molar-refractivity contribution in [3.8, 4) is 0 Å². The second kappa shape index (κ2) is 7.02. The lowest BCUT2D eigenvalue weighted by Crippen LogP contribution is -2.31. The third-order valence-electron chi connectivity index (χ3n) is 3.46. The number of para-hydroxylation sites is 1. The van der Waals surface area contributed by atoms with Crippen molar-refractivity contribution in [3.63, 3.8) is 0 Å². The van der Waals surface area contributed by atoms with Crippen LogP contribution in [-0.2, 0) is 6.54 Å². The van der Waals surface area contributed by atoms with E-state index in [1.165, 1.54) is 0 Å². The van der Waals surface area contributed by atoms with Gasteiger partial charge in [-0.2, -0.15) is 0 Å². The summed E-state index contributed by atoms with van der Waals surface area (Å²) in [6.45, 7) is 6.14. The molecule has 0 saturated carbocycles. The normalized spacial score (nSPS) is 11.7. The predicted molar refractivity (Wildman–Crippen MR) is 84.0 cm³/mol. The molecule has 108 valence electrons. The van der Waals surface area contributed by atoms with E-state index in [1.807, 2.05) is 18.2 Å². The molecule has 1 aromatic heterocycles. The minimum absolute atomic E-state index is 0.215. The summed E-state index contributed by atoms with van der Waals surface area (Å²) in [5.41, 5.74) is 1.96. The van der Waals surface area contributed by atoms with E-state index in [1.54, 1.807) is 0 Å². The summed E-state index contributed by atoms with van der Waals surface area (Å²) in [7, 11) is 0. The van der Waals surface area contributed by atoms with Gasteiger partial charge in [0, 0.05) is 36.7 Å². The van der Waals surface area contributed by atoms with Crippen LogP contribution in [0.15, 0.2) is 30.3 Å². The molecule has 0 aliphatic rings. The second-order valence-electron chi connectivity index (χ2n) is 5.27. The summed E-state index contributed by atoms with van der Waals surface area (Å²) in [4.78, 5) is 6.76. The number of rotatable bonds is 6. The highest BCUT2D eigenvalue weighted by atomic mass is 35.5. The van der Waals surface area contributed by atoms with Crippen LogP contribution in [0.4, 0.5) is 0 Å². The van der Waals surface area contributed by atoms with Gasteiger partial charge in [0.1, 0.15) is 5.15 Å². The van der Waals surface area contributed by atoms with Gasteiger partial charge in [-0.15, -0.1) is 0 Å². The van der Waals surface area contributed by atoms with Crippen LogP contribution < -0.4 is 0 Å². The number of nitrogens with zero attached hydrogens (tertiary/aromatic N) is 2. The number of hydrogen-bond acceptors (Lipinski definition) is 3. The van der Waals surface area contributed by atoms with E-state index in [2.05, 4.69) is 35.9 Å². The molecule has 2 rings (SSSR count). The zero-order valence-electron chi connectivity index (χ0n) is 12.0. The standard InChI is InChI=1S/C16H21ClN2O/c1-12(2)19(8-5-9-20)11-14-10-13-6-3-4-7-15(13)18-16(14)17/h3-4,6-7,10,12,20H,5,8-9,11H2,1-2H3. The van der Waals surface area contributed by atoms with Crippen molar-refractivity contribution in [2.75, 3.05) is 13.2 Å². The quantitative estimate of drug-likeness (QED) is 0.828. The van der Waals surface area contributed by atoms with Crippen LogP contribution in [0.5, 0.6) is 0 Å². The summed E-state index contributed by atoms with van der Waals surface area (Å²) >= 11 is 6.30. The summed E-state index contributed by atoms with van der Waals surface area (Å²) in [6.07, 6.45) is 0.775. The lowest BCUT2D eigenvalue weighted by molar-refractivity contribution is 0.185. The lowest BCUT2D eigenvalue weighted by atomic mass is 10.1. The Hall–Kier alpha value is -1.16. The summed E-state index contributed by atoms with van der Waals surface area (Å²) in [5, 5.41) is 10.7. The minimum atomic E-state index is 0.215. The molecule has 0 saturated heterocycles. The molecule has 1 heterocycles. The van der Waals surface area contributed by atoms with Gasteiger partial charge in [0.15, 0.2) is 0 Å². The Bertz CT molecular complexity index is 571. The largest absolute Gasteiger partial charge is 0.396 e. The van der Waals surface area contributed by atoms with E-state index in [4.69, 9.17) is 16.7 Å². The molecule has 0 atom stereocenters. The second-order valence-corrected chi connectivity index (χ2v) is 5.63. The fraction of sp³-hybridized carbons (Fsp3) is 0.438. The van der Waals surface area contributed by atoms with Gasteiger partial charge in [-0.05, 0) is 32.4 Å². The third kappa shape index (κ3) is 3.69. The van der Waals surface area contributed by atoms with Gasteiger partial charge >= 0.3 is 0 Å². The van der Waals surface area contributed by atoms with Gasteiger partial charge in [0.2, 0.25) is 0 Å². The average molecular weight is 293 g/mol. The van der Waals surface area contributed by atoms with Crippen LogP contribution in [0.2, 0.25) is 5.15 Å². The molecule has 0 spiro atoms.